The summed E-state index contributed by atoms with van der Waals surface area (Å²) in [6.07, 6.45) is 3.83. The number of aryl methyl sites for hydroxylation is 3. The van der Waals surface area contributed by atoms with Gasteiger partial charge in [0.15, 0.2) is 0 Å². The Morgan fingerprint density at radius 1 is 1.21 bits per heavy atom. The number of anilines is 1. The Kier molecular flexibility index (Phi) is 6.85. The lowest BCUT2D eigenvalue weighted by Gasteiger charge is -2.13. The lowest BCUT2D eigenvalue weighted by molar-refractivity contribution is 0.330. The fourth-order valence-electron chi connectivity index (χ4n) is 2.40. The highest BCUT2D eigenvalue weighted by atomic mass is 35.5. The molecule has 4 nitrogen and oxygen atoms in total. The summed E-state index contributed by atoms with van der Waals surface area (Å²) in [4.78, 5) is 8.18. The molecule has 2 rings (SSSR count). The highest BCUT2D eigenvalue weighted by molar-refractivity contribution is 6.33. The van der Waals surface area contributed by atoms with Crippen molar-refractivity contribution in [3.63, 3.8) is 0 Å². The van der Waals surface area contributed by atoms with E-state index in [-0.39, 0.29) is 0 Å². The Morgan fingerprint density at radius 3 is 2.71 bits per heavy atom. The zero-order valence-corrected chi connectivity index (χ0v) is 15.7. The summed E-state index contributed by atoms with van der Waals surface area (Å²) in [6.45, 7) is 9.63. The Morgan fingerprint density at radius 2 is 2.00 bits per heavy atom. The van der Waals surface area contributed by atoms with Crippen molar-refractivity contribution < 1.29 is 4.74 Å². The molecular weight excluding hydrogens is 322 g/mol. The highest BCUT2D eigenvalue weighted by Crippen LogP contribution is 2.22. The van der Waals surface area contributed by atoms with Crippen molar-refractivity contribution in [3.8, 4) is 5.75 Å². The van der Waals surface area contributed by atoms with Crippen LogP contribution in [0.25, 0.3) is 0 Å². The van der Waals surface area contributed by atoms with Crippen molar-refractivity contribution in [1.29, 1.82) is 0 Å². The van der Waals surface area contributed by atoms with Gasteiger partial charge in [-0.3, -0.25) is 0 Å². The van der Waals surface area contributed by atoms with Crippen LogP contribution in [0.15, 0.2) is 24.5 Å². The average Bonchev–Trinajstić information content (AvgIpc) is 2.54. The molecule has 0 fully saturated rings. The van der Waals surface area contributed by atoms with E-state index in [0.29, 0.717) is 24.0 Å². The monoisotopic (exact) mass is 347 g/mol. The molecule has 0 aliphatic rings. The summed E-state index contributed by atoms with van der Waals surface area (Å²) in [5, 5.41) is 3.74. The van der Waals surface area contributed by atoms with Crippen LogP contribution in [0.4, 0.5) is 5.82 Å². The van der Waals surface area contributed by atoms with Crippen molar-refractivity contribution in [2.45, 2.75) is 40.5 Å². The van der Waals surface area contributed by atoms with Crippen molar-refractivity contribution in [3.05, 3.63) is 46.4 Å². The smallest absolute Gasteiger partial charge is 0.148 e. The van der Waals surface area contributed by atoms with Gasteiger partial charge in [0.2, 0.25) is 0 Å². The van der Waals surface area contributed by atoms with E-state index in [4.69, 9.17) is 16.3 Å². The van der Waals surface area contributed by atoms with Gasteiger partial charge in [0, 0.05) is 0 Å². The third kappa shape index (κ3) is 5.38. The second-order valence-corrected chi connectivity index (χ2v) is 6.81. The van der Waals surface area contributed by atoms with Crippen LogP contribution in [0.3, 0.4) is 0 Å². The van der Waals surface area contributed by atoms with Gasteiger partial charge >= 0.3 is 0 Å². The number of ether oxygens (including phenoxy) is 1. The second kappa shape index (κ2) is 8.88. The van der Waals surface area contributed by atoms with Gasteiger partial charge < -0.3 is 10.1 Å². The van der Waals surface area contributed by atoms with Gasteiger partial charge in [-0.1, -0.05) is 37.6 Å². The van der Waals surface area contributed by atoms with Crippen LogP contribution in [0.2, 0.25) is 5.02 Å². The van der Waals surface area contributed by atoms with E-state index in [9.17, 15) is 0 Å². The first-order valence-corrected chi connectivity index (χ1v) is 8.78. The number of nitrogens with zero attached hydrogens (tertiary/aromatic N) is 2. The summed E-state index contributed by atoms with van der Waals surface area (Å²) in [6, 6.07) is 6.44. The Labute approximate surface area is 149 Å². The predicted octanol–water partition coefficient (Wildman–Crippen LogP) is 4.83. The Hall–Kier alpha value is -1.81. The zero-order valence-electron chi connectivity index (χ0n) is 14.9. The van der Waals surface area contributed by atoms with Crippen molar-refractivity contribution in [2.75, 3.05) is 18.5 Å². The Balaban J connectivity index is 1.83. The molecule has 130 valence electrons. The SMILES string of the molecule is Cc1cc(CCC(C)C)ccc1OCCNc1ncnc(C)c1Cl. The molecule has 1 aromatic carbocycles. The first-order chi connectivity index (χ1) is 11.5. The molecule has 0 amide bonds. The van der Waals surface area contributed by atoms with E-state index in [1.165, 1.54) is 23.9 Å². The molecule has 0 spiro atoms. The van der Waals surface area contributed by atoms with Gasteiger partial charge in [0.05, 0.1) is 12.2 Å². The minimum absolute atomic E-state index is 0.547. The fourth-order valence-corrected chi connectivity index (χ4v) is 2.56. The van der Waals surface area contributed by atoms with Crippen LogP contribution in [-0.4, -0.2) is 23.1 Å². The lowest BCUT2D eigenvalue weighted by atomic mass is 10.0. The van der Waals surface area contributed by atoms with Gasteiger partial charge in [-0.05, 0) is 49.8 Å². The van der Waals surface area contributed by atoms with E-state index in [1.807, 2.05) is 6.92 Å². The molecule has 1 aromatic heterocycles. The number of hydrogen-bond donors (Lipinski definition) is 1. The third-order valence-corrected chi connectivity index (χ3v) is 4.32. The summed E-state index contributed by atoms with van der Waals surface area (Å²) in [5.41, 5.74) is 3.31. The maximum Gasteiger partial charge on any atom is 0.148 e. The molecule has 24 heavy (non-hydrogen) atoms. The molecule has 2 aromatic rings. The topological polar surface area (TPSA) is 47.0 Å². The van der Waals surface area contributed by atoms with E-state index in [0.717, 1.165) is 23.8 Å². The van der Waals surface area contributed by atoms with Crippen molar-refractivity contribution in [2.24, 2.45) is 5.92 Å². The summed E-state index contributed by atoms with van der Waals surface area (Å²) in [5.74, 6) is 2.30. The third-order valence-electron chi connectivity index (χ3n) is 3.87. The molecule has 0 unspecified atom stereocenters. The molecule has 0 saturated carbocycles. The van der Waals surface area contributed by atoms with Gasteiger partial charge in [0.25, 0.3) is 0 Å². The first-order valence-electron chi connectivity index (χ1n) is 8.40. The first kappa shape index (κ1) is 18.5. The molecule has 0 aliphatic carbocycles. The number of rotatable bonds is 8. The molecule has 5 heteroatoms. The van der Waals surface area contributed by atoms with Gasteiger partial charge in [0.1, 0.15) is 29.5 Å². The zero-order chi connectivity index (χ0) is 17.5. The quantitative estimate of drug-likeness (QED) is 0.695. The van der Waals surface area contributed by atoms with Crippen molar-refractivity contribution >= 4 is 17.4 Å². The Bertz CT molecular complexity index is 674. The molecular formula is C19H26ClN3O. The minimum Gasteiger partial charge on any atom is -0.491 e. The largest absolute Gasteiger partial charge is 0.491 e. The second-order valence-electron chi connectivity index (χ2n) is 6.43. The minimum atomic E-state index is 0.547. The van der Waals surface area contributed by atoms with Crippen molar-refractivity contribution in [1.82, 2.24) is 9.97 Å². The van der Waals surface area contributed by atoms with Crippen LogP contribution in [-0.2, 0) is 6.42 Å². The fraction of sp³-hybridized carbons (Fsp3) is 0.474. The molecule has 0 bridgehead atoms. The van der Waals surface area contributed by atoms with Crippen LogP contribution in [0.1, 0.15) is 37.1 Å². The number of nitrogens with one attached hydrogen (secondary N) is 1. The van der Waals surface area contributed by atoms with Gasteiger partial charge in [-0.15, -0.1) is 0 Å². The standard InChI is InChI=1S/C19H26ClN3O/c1-13(2)5-6-16-7-8-17(14(3)11-16)24-10-9-21-19-18(20)15(4)22-12-23-19/h7-8,11-13H,5-6,9-10H2,1-4H3,(H,21,22,23). The average molecular weight is 348 g/mol. The summed E-state index contributed by atoms with van der Waals surface area (Å²) < 4.78 is 5.86. The molecule has 0 radical (unpaired) electrons. The maximum absolute atomic E-state index is 6.16. The summed E-state index contributed by atoms with van der Waals surface area (Å²) >= 11 is 6.16. The molecule has 0 aliphatic heterocycles. The van der Waals surface area contributed by atoms with Crippen LogP contribution in [0.5, 0.6) is 5.75 Å². The molecule has 1 N–H and O–H groups in total. The number of halogens is 1. The molecule has 1 heterocycles. The molecule has 0 saturated heterocycles. The van der Waals surface area contributed by atoms with Gasteiger partial charge in [-0.25, -0.2) is 9.97 Å². The van der Waals surface area contributed by atoms with E-state index in [1.54, 1.807) is 0 Å². The predicted molar refractivity (Wildman–Crippen MR) is 100 cm³/mol. The van der Waals surface area contributed by atoms with Crippen LogP contribution in [0, 0.1) is 19.8 Å². The van der Waals surface area contributed by atoms with E-state index >= 15 is 0 Å². The van der Waals surface area contributed by atoms with E-state index < -0.39 is 0 Å². The summed E-state index contributed by atoms with van der Waals surface area (Å²) in [7, 11) is 0. The maximum atomic E-state index is 6.16. The van der Waals surface area contributed by atoms with E-state index in [2.05, 4.69) is 54.3 Å². The van der Waals surface area contributed by atoms with Crippen LogP contribution < -0.4 is 10.1 Å². The lowest BCUT2D eigenvalue weighted by Crippen LogP contribution is -2.13. The number of benzene rings is 1. The van der Waals surface area contributed by atoms with Gasteiger partial charge in [-0.2, -0.15) is 0 Å². The van der Waals surface area contributed by atoms with Crippen LogP contribution >= 0.6 is 11.6 Å². The number of hydrogen-bond acceptors (Lipinski definition) is 4. The highest BCUT2D eigenvalue weighted by Gasteiger charge is 2.06. The normalized spacial score (nSPS) is 10.9. The molecule has 0 atom stereocenters. The number of aromatic nitrogens is 2.